The van der Waals surface area contributed by atoms with Crippen LogP contribution in [0.4, 0.5) is 0 Å². The number of aryl methyl sites for hydroxylation is 2. The number of benzene rings is 2. The Hall–Kier alpha value is -2.70. The van der Waals surface area contributed by atoms with Crippen molar-refractivity contribution in [2.75, 3.05) is 0 Å². The quantitative estimate of drug-likeness (QED) is 0.641. The molecule has 0 amide bonds. The van der Waals surface area contributed by atoms with Crippen LogP contribution < -0.4 is 9.46 Å². The van der Waals surface area contributed by atoms with Gasteiger partial charge in [0.2, 0.25) is 15.9 Å². The molecule has 1 heterocycles. The fourth-order valence-corrected chi connectivity index (χ4v) is 4.58. The standard InChI is InChI=1S/C23H24N2O3S/c26-29(27,22-11-10-20-8-4-5-9-21(20)15-22)25-16-19-12-13-24-23(14-19)28-17-18-6-2-1-3-7-18/h1-3,6-7,10-15,25H,4-5,8-9,16-17H2. The molecule has 1 aliphatic rings. The second-order valence-corrected chi connectivity index (χ2v) is 9.01. The van der Waals surface area contributed by atoms with Crippen molar-refractivity contribution in [3.05, 3.63) is 89.1 Å². The maximum absolute atomic E-state index is 12.7. The van der Waals surface area contributed by atoms with Crippen molar-refractivity contribution in [2.45, 2.75) is 43.7 Å². The van der Waals surface area contributed by atoms with Crippen LogP contribution in [0.5, 0.6) is 5.88 Å². The summed E-state index contributed by atoms with van der Waals surface area (Å²) in [5, 5.41) is 0. The summed E-state index contributed by atoms with van der Waals surface area (Å²) in [6, 6.07) is 18.8. The Morgan fingerprint density at radius 1 is 0.897 bits per heavy atom. The Balaban J connectivity index is 1.40. The van der Waals surface area contributed by atoms with Crippen LogP contribution in [0, 0.1) is 0 Å². The predicted molar refractivity (Wildman–Crippen MR) is 112 cm³/mol. The van der Waals surface area contributed by atoms with Gasteiger partial charge in [-0.3, -0.25) is 0 Å². The van der Waals surface area contributed by atoms with Crippen LogP contribution in [0.3, 0.4) is 0 Å². The summed E-state index contributed by atoms with van der Waals surface area (Å²) < 4.78 is 33.9. The van der Waals surface area contributed by atoms with Crippen molar-refractivity contribution in [1.82, 2.24) is 9.71 Å². The molecule has 5 nitrogen and oxygen atoms in total. The number of hydrogen-bond acceptors (Lipinski definition) is 4. The molecule has 0 fully saturated rings. The highest BCUT2D eigenvalue weighted by Gasteiger charge is 2.17. The van der Waals surface area contributed by atoms with Crippen LogP contribution in [0.1, 0.15) is 35.1 Å². The third kappa shape index (κ3) is 5.02. The molecule has 2 aromatic carbocycles. The van der Waals surface area contributed by atoms with Crippen molar-refractivity contribution in [2.24, 2.45) is 0 Å². The minimum Gasteiger partial charge on any atom is -0.473 e. The number of sulfonamides is 1. The van der Waals surface area contributed by atoms with E-state index in [1.54, 1.807) is 24.4 Å². The van der Waals surface area contributed by atoms with E-state index in [-0.39, 0.29) is 6.54 Å². The van der Waals surface area contributed by atoms with Gasteiger partial charge in [0.1, 0.15) is 6.61 Å². The third-order valence-corrected chi connectivity index (χ3v) is 6.52. The highest BCUT2D eigenvalue weighted by atomic mass is 32.2. The first-order valence-electron chi connectivity index (χ1n) is 9.83. The SMILES string of the molecule is O=S(=O)(NCc1ccnc(OCc2ccccc2)c1)c1ccc2c(c1)CCCC2. The Labute approximate surface area is 171 Å². The summed E-state index contributed by atoms with van der Waals surface area (Å²) in [6.45, 7) is 0.599. The Kier molecular flexibility index (Phi) is 5.92. The van der Waals surface area contributed by atoms with Crippen molar-refractivity contribution < 1.29 is 13.2 Å². The monoisotopic (exact) mass is 408 g/mol. The van der Waals surface area contributed by atoms with E-state index in [0.29, 0.717) is 17.4 Å². The normalized spacial score (nSPS) is 13.7. The fraction of sp³-hybridized carbons (Fsp3) is 0.261. The zero-order valence-electron chi connectivity index (χ0n) is 16.2. The number of aromatic nitrogens is 1. The van der Waals surface area contributed by atoms with Crippen LogP contribution in [-0.4, -0.2) is 13.4 Å². The fourth-order valence-electron chi connectivity index (χ4n) is 3.51. The molecule has 1 aromatic heterocycles. The van der Waals surface area contributed by atoms with Gasteiger partial charge in [0.05, 0.1) is 4.90 Å². The molecule has 29 heavy (non-hydrogen) atoms. The van der Waals surface area contributed by atoms with Gasteiger partial charge < -0.3 is 4.74 Å². The third-order valence-electron chi connectivity index (χ3n) is 5.13. The zero-order chi connectivity index (χ0) is 20.1. The second kappa shape index (κ2) is 8.76. The molecule has 0 radical (unpaired) electrons. The van der Waals surface area contributed by atoms with Gasteiger partial charge in [-0.25, -0.2) is 18.1 Å². The predicted octanol–water partition coefficient (Wildman–Crippen LogP) is 4.02. The van der Waals surface area contributed by atoms with E-state index in [9.17, 15) is 8.42 Å². The summed E-state index contributed by atoms with van der Waals surface area (Å²) >= 11 is 0. The number of ether oxygens (including phenoxy) is 1. The van der Waals surface area contributed by atoms with E-state index in [4.69, 9.17) is 4.74 Å². The maximum atomic E-state index is 12.7. The van der Waals surface area contributed by atoms with Gasteiger partial charge >= 0.3 is 0 Å². The molecule has 0 aliphatic heterocycles. The molecule has 0 saturated carbocycles. The highest BCUT2D eigenvalue weighted by molar-refractivity contribution is 7.89. The molecule has 0 spiro atoms. The van der Waals surface area contributed by atoms with Gasteiger partial charge in [-0.1, -0.05) is 36.4 Å². The van der Waals surface area contributed by atoms with E-state index in [2.05, 4.69) is 9.71 Å². The molecule has 6 heteroatoms. The van der Waals surface area contributed by atoms with Gasteiger partial charge in [-0.05, 0) is 66.1 Å². The van der Waals surface area contributed by atoms with E-state index in [0.717, 1.165) is 36.0 Å². The van der Waals surface area contributed by atoms with E-state index in [1.807, 2.05) is 42.5 Å². The molecule has 0 atom stereocenters. The number of fused-ring (bicyclic) bond motifs is 1. The van der Waals surface area contributed by atoms with Crippen molar-refractivity contribution >= 4 is 10.0 Å². The summed E-state index contributed by atoms with van der Waals surface area (Å²) in [5.74, 6) is 0.472. The molecular weight excluding hydrogens is 384 g/mol. The van der Waals surface area contributed by atoms with E-state index >= 15 is 0 Å². The van der Waals surface area contributed by atoms with Gasteiger partial charge in [-0.15, -0.1) is 0 Å². The zero-order valence-corrected chi connectivity index (χ0v) is 17.0. The lowest BCUT2D eigenvalue weighted by atomic mass is 9.92. The van der Waals surface area contributed by atoms with Gasteiger partial charge in [0.25, 0.3) is 0 Å². The van der Waals surface area contributed by atoms with Gasteiger partial charge in [-0.2, -0.15) is 0 Å². The summed E-state index contributed by atoms with van der Waals surface area (Å²) in [4.78, 5) is 4.53. The van der Waals surface area contributed by atoms with Crippen molar-refractivity contribution in [1.29, 1.82) is 0 Å². The molecule has 0 saturated heterocycles. The molecule has 0 unspecified atom stereocenters. The molecule has 0 bridgehead atoms. The van der Waals surface area contributed by atoms with E-state index < -0.39 is 10.0 Å². The minimum absolute atomic E-state index is 0.184. The van der Waals surface area contributed by atoms with Crippen LogP contribution in [0.25, 0.3) is 0 Å². The largest absolute Gasteiger partial charge is 0.473 e. The van der Waals surface area contributed by atoms with E-state index in [1.165, 1.54) is 12.0 Å². The topological polar surface area (TPSA) is 68.3 Å². The lowest BCUT2D eigenvalue weighted by Crippen LogP contribution is -2.23. The van der Waals surface area contributed by atoms with Crippen LogP contribution in [0.15, 0.2) is 71.8 Å². The number of rotatable bonds is 7. The van der Waals surface area contributed by atoms with Crippen LogP contribution in [0.2, 0.25) is 0 Å². The average molecular weight is 409 g/mol. The minimum atomic E-state index is -3.57. The summed E-state index contributed by atoms with van der Waals surface area (Å²) in [6.07, 6.45) is 5.90. The smallest absolute Gasteiger partial charge is 0.240 e. The second-order valence-electron chi connectivity index (χ2n) is 7.24. The molecule has 4 rings (SSSR count). The first-order valence-corrected chi connectivity index (χ1v) is 11.3. The number of nitrogens with one attached hydrogen (secondary N) is 1. The van der Waals surface area contributed by atoms with Crippen LogP contribution in [-0.2, 0) is 36.0 Å². The van der Waals surface area contributed by atoms with Crippen LogP contribution >= 0.6 is 0 Å². The average Bonchev–Trinajstić information content (AvgIpc) is 2.77. The highest BCUT2D eigenvalue weighted by Crippen LogP contribution is 2.24. The number of hydrogen-bond donors (Lipinski definition) is 1. The van der Waals surface area contributed by atoms with Crippen molar-refractivity contribution in [3.8, 4) is 5.88 Å². The molecule has 150 valence electrons. The molecule has 1 N–H and O–H groups in total. The first kappa shape index (κ1) is 19.6. The summed E-state index contributed by atoms with van der Waals surface area (Å²) in [5.41, 5.74) is 4.27. The Morgan fingerprint density at radius 2 is 1.69 bits per heavy atom. The maximum Gasteiger partial charge on any atom is 0.240 e. The molecular formula is C23H24N2O3S. The van der Waals surface area contributed by atoms with Gasteiger partial charge in [0.15, 0.2) is 0 Å². The lowest BCUT2D eigenvalue weighted by Gasteiger charge is -2.17. The Bertz CT molecular complexity index is 1080. The van der Waals surface area contributed by atoms with Crippen molar-refractivity contribution in [3.63, 3.8) is 0 Å². The van der Waals surface area contributed by atoms with Gasteiger partial charge in [0, 0.05) is 18.8 Å². The number of pyridine rings is 1. The first-order chi connectivity index (χ1) is 14.1. The lowest BCUT2D eigenvalue weighted by molar-refractivity contribution is 0.293. The number of nitrogens with zero attached hydrogens (tertiary/aromatic N) is 1. The molecule has 1 aliphatic carbocycles. The summed E-state index contributed by atoms with van der Waals surface area (Å²) in [7, 11) is -3.57. The molecule has 3 aromatic rings. The Morgan fingerprint density at radius 3 is 2.52 bits per heavy atom.